The van der Waals surface area contributed by atoms with Crippen LogP contribution in [-0.4, -0.2) is 29.1 Å². The van der Waals surface area contributed by atoms with Gasteiger partial charge in [-0.25, -0.2) is 0 Å². The van der Waals surface area contributed by atoms with Gasteiger partial charge in [-0.3, -0.25) is 0 Å². The van der Waals surface area contributed by atoms with E-state index < -0.39 is 0 Å². The maximum absolute atomic E-state index is 6.48. The Morgan fingerprint density at radius 3 is 2.67 bits per heavy atom. The molecule has 0 spiro atoms. The summed E-state index contributed by atoms with van der Waals surface area (Å²) in [7, 11) is 1.70. The van der Waals surface area contributed by atoms with Crippen molar-refractivity contribution in [2.75, 3.05) is 18.6 Å². The third-order valence-corrected chi connectivity index (χ3v) is 6.64. The number of rotatable bonds is 3. The maximum atomic E-state index is 6.48. The lowest BCUT2D eigenvalue weighted by atomic mass is 9.97. The minimum atomic E-state index is 0.115. The molecular weight excluding hydrogens is 262 g/mol. The summed E-state index contributed by atoms with van der Waals surface area (Å²) in [5.74, 6) is 3.36. The zero-order chi connectivity index (χ0) is 13.1. The highest BCUT2D eigenvalue weighted by molar-refractivity contribution is 8.07. The molecule has 2 N–H and O–H groups in total. The first-order valence-electron chi connectivity index (χ1n) is 6.27. The van der Waals surface area contributed by atoms with E-state index in [1.807, 2.05) is 29.6 Å². The Balaban J connectivity index is 2.19. The zero-order valence-corrected chi connectivity index (χ0v) is 12.8. The second kappa shape index (κ2) is 6.22. The zero-order valence-electron chi connectivity index (χ0n) is 11.2. The number of nitrogens with two attached hydrogens (primary N) is 1. The summed E-state index contributed by atoms with van der Waals surface area (Å²) in [6, 6.07) is 6.31. The Hall–Kier alpha value is -0.320. The van der Waals surface area contributed by atoms with Gasteiger partial charge in [0.1, 0.15) is 5.75 Å². The summed E-state index contributed by atoms with van der Waals surface area (Å²) >= 11 is 4.05. The van der Waals surface area contributed by atoms with Crippen molar-refractivity contribution in [2.24, 2.45) is 5.73 Å². The van der Waals surface area contributed by atoms with Gasteiger partial charge in [0.05, 0.1) is 7.11 Å². The third kappa shape index (κ3) is 2.98. The molecule has 1 heterocycles. The van der Waals surface area contributed by atoms with Crippen LogP contribution < -0.4 is 10.5 Å². The Labute approximate surface area is 118 Å². The Morgan fingerprint density at radius 1 is 1.33 bits per heavy atom. The van der Waals surface area contributed by atoms with Crippen molar-refractivity contribution >= 4 is 23.5 Å². The summed E-state index contributed by atoms with van der Waals surface area (Å²) in [5, 5.41) is 1.14. The average molecular weight is 283 g/mol. The van der Waals surface area contributed by atoms with Crippen molar-refractivity contribution < 1.29 is 4.74 Å². The van der Waals surface area contributed by atoms with Crippen LogP contribution in [0.25, 0.3) is 0 Å². The number of thioether (sulfide) groups is 2. The molecule has 4 heteroatoms. The Bertz CT molecular complexity index is 411. The summed E-state index contributed by atoms with van der Waals surface area (Å²) in [4.78, 5) is 0. The normalized spacial score (nSPS) is 25.8. The SMILES string of the molecule is COc1ccc(C(N)C2SCCSC2C)c(C)c1. The van der Waals surface area contributed by atoms with Crippen molar-refractivity contribution in [3.63, 3.8) is 0 Å². The van der Waals surface area contributed by atoms with Crippen LogP contribution in [0.15, 0.2) is 18.2 Å². The molecule has 18 heavy (non-hydrogen) atoms. The minimum Gasteiger partial charge on any atom is -0.497 e. The standard InChI is InChI=1S/C14H21NOS2/c1-9-8-11(16-3)4-5-12(9)13(15)14-10(2)17-6-7-18-14/h4-5,8,10,13-14H,6-7,15H2,1-3H3. The van der Waals surface area contributed by atoms with Crippen LogP contribution in [0.2, 0.25) is 0 Å². The van der Waals surface area contributed by atoms with E-state index in [1.165, 1.54) is 22.6 Å². The molecule has 1 aliphatic rings. The molecular formula is C14H21NOS2. The van der Waals surface area contributed by atoms with Crippen molar-refractivity contribution in [3.05, 3.63) is 29.3 Å². The predicted octanol–water partition coefficient (Wildman–Crippen LogP) is 3.24. The second-order valence-electron chi connectivity index (χ2n) is 4.66. The first-order chi connectivity index (χ1) is 8.63. The highest BCUT2D eigenvalue weighted by Gasteiger charge is 2.29. The number of benzene rings is 1. The molecule has 0 bridgehead atoms. The molecule has 2 rings (SSSR count). The predicted molar refractivity (Wildman–Crippen MR) is 82.8 cm³/mol. The van der Waals surface area contributed by atoms with Crippen molar-refractivity contribution in [2.45, 2.75) is 30.4 Å². The molecule has 2 nitrogen and oxygen atoms in total. The van der Waals surface area contributed by atoms with Gasteiger partial charge in [-0.1, -0.05) is 13.0 Å². The largest absolute Gasteiger partial charge is 0.497 e. The van der Waals surface area contributed by atoms with Gasteiger partial charge >= 0.3 is 0 Å². The van der Waals surface area contributed by atoms with E-state index in [4.69, 9.17) is 10.5 Å². The van der Waals surface area contributed by atoms with E-state index >= 15 is 0 Å². The number of ether oxygens (including phenoxy) is 1. The van der Waals surface area contributed by atoms with Crippen molar-refractivity contribution in [1.29, 1.82) is 0 Å². The van der Waals surface area contributed by atoms with E-state index in [0.717, 1.165) is 5.75 Å². The van der Waals surface area contributed by atoms with Gasteiger partial charge in [0, 0.05) is 28.0 Å². The van der Waals surface area contributed by atoms with Crippen LogP contribution >= 0.6 is 23.5 Å². The molecule has 0 aliphatic carbocycles. The molecule has 0 amide bonds. The topological polar surface area (TPSA) is 35.2 Å². The highest BCUT2D eigenvalue weighted by Crippen LogP contribution is 2.38. The van der Waals surface area contributed by atoms with E-state index in [1.54, 1.807) is 7.11 Å². The Kier molecular flexibility index (Phi) is 4.87. The molecule has 3 atom stereocenters. The summed E-state index contributed by atoms with van der Waals surface area (Å²) in [6.45, 7) is 4.41. The molecule has 100 valence electrons. The van der Waals surface area contributed by atoms with E-state index in [2.05, 4.69) is 26.0 Å². The van der Waals surface area contributed by atoms with E-state index in [-0.39, 0.29) is 6.04 Å². The lowest BCUT2D eigenvalue weighted by Gasteiger charge is -2.33. The lowest BCUT2D eigenvalue weighted by Crippen LogP contribution is -2.34. The molecule has 0 saturated carbocycles. The first kappa shape index (κ1) is 14.1. The molecule has 0 radical (unpaired) electrons. The maximum Gasteiger partial charge on any atom is 0.119 e. The number of aryl methyl sites for hydroxylation is 1. The average Bonchev–Trinajstić information content (AvgIpc) is 2.38. The number of methoxy groups -OCH3 is 1. The molecule has 1 fully saturated rings. The van der Waals surface area contributed by atoms with Crippen LogP contribution in [0.4, 0.5) is 0 Å². The fourth-order valence-corrected chi connectivity index (χ4v) is 5.24. The summed E-state index contributed by atoms with van der Waals surface area (Å²) < 4.78 is 5.25. The molecule has 0 aromatic heterocycles. The van der Waals surface area contributed by atoms with Crippen LogP contribution in [0.3, 0.4) is 0 Å². The van der Waals surface area contributed by atoms with E-state index in [0.29, 0.717) is 10.5 Å². The van der Waals surface area contributed by atoms with Gasteiger partial charge in [-0.15, -0.1) is 0 Å². The fraction of sp³-hybridized carbons (Fsp3) is 0.571. The fourth-order valence-electron chi connectivity index (χ4n) is 2.37. The second-order valence-corrected chi connectivity index (χ2v) is 7.43. The van der Waals surface area contributed by atoms with Gasteiger partial charge in [0.25, 0.3) is 0 Å². The highest BCUT2D eigenvalue weighted by atomic mass is 32.2. The van der Waals surface area contributed by atoms with Gasteiger partial charge in [-0.2, -0.15) is 23.5 Å². The van der Waals surface area contributed by atoms with Crippen LogP contribution in [-0.2, 0) is 0 Å². The van der Waals surface area contributed by atoms with Crippen molar-refractivity contribution in [3.8, 4) is 5.75 Å². The van der Waals surface area contributed by atoms with Crippen molar-refractivity contribution in [1.82, 2.24) is 0 Å². The van der Waals surface area contributed by atoms with Crippen LogP contribution in [0, 0.1) is 6.92 Å². The quantitative estimate of drug-likeness (QED) is 0.923. The Morgan fingerprint density at radius 2 is 2.06 bits per heavy atom. The molecule has 1 aromatic rings. The lowest BCUT2D eigenvalue weighted by molar-refractivity contribution is 0.414. The van der Waals surface area contributed by atoms with Gasteiger partial charge in [-0.05, 0) is 30.2 Å². The minimum absolute atomic E-state index is 0.115. The molecule has 1 aromatic carbocycles. The number of hydrogen-bond acceptors (Lipinski definition) is 4. The molecule has 1 aliphatic heterocycles. The summed E-state index contributed by atoms with van der Waals surface area (Å²) in [5.41, 5.74) is 8.96. The van der Waals surface area contributed by atoms with Crippen LogP contribution in [0.1, 0.15) is 24.1 Å². The van der Waals surface area contributed by atoms with Gasteiger partial charge in [0.2, 0.25) is 0 Å². The van der Waals surface area contributed by atoms with Gasteiger partial charge in [0.15, 0.2) is 0 Å². The van der Waals surface area contributed by atoms with Crippen LogP contribution in [0.5, 0.6) is 5.75 Å². The van der Waals surface area contributed by atoms with Gasteiger partial charge < -0.3 is 10.5 Å². The first-order valence-corrected chi connectivity index (χ1v) is 8.36. The monoisotopic (exact) mass is 283 g/mol. The third-order valence-electron chi connectivity index (χ3n) is 3.43. The smallest absolute Gasteiger partial charge is 0.119 e. The van der Waals surface area contributed by atoms with E-state index in [9.17, 15) is 0 Å². The number of hydrogen-bond donors (Lipinski definition) is 1. The molecule has 1 saturated heterocycles. The summed E-state index contributed by atoms with van der Waals surface area (Å²) in [6.07, 6.45) is 0. The molecule has 3 unspecified atom stereocenters.